The summed E-state index contributed by atoms with van der Waals surface area (Å²) in [5.41, 5.74) is 8.15. The summed E-state index contributed by atoms with van der Waals surface area (Å²) in [6.45, 7) is 0. The van der Waals surface area contributed by atoms with Gasteiger partial charge in [0.05, 0.1) is 14.2 Å². The van der Waals surface area contributed by atoms with Gasteiger partial charge in [-0.05, 0) is 42.0 Å². The molecule has 4 aromatic rings. The lowest BCUT2D eigenvalue weighted by molar-refractivity contribution is 0.354. The molecule has 0 radical (unpaired) electrons. The zero-order valence-electron chi connectivity index (χ0n) is 15.4. The van der Waals surface area contributed by atoms with Crippen molar-refractivity contribution in [1.29, 1.82) is 0 Å². The van der Waals surface area contributed by atoms with Crippen LogP contribution in [0.2, 0.25) is 0 Å². The molecule has 0 saturated heterocycles. The van der Waals surface area contributed by atoms with Crippen molar-refractivity contribution < 1.29 is 14.6 Å². The highest BCUT2D eigenvalue weighted by molar-refractivity contribution is 7.16. The lowest BCUT2D eigenvalue weighted by atomic mass is 10.0. The number of benzene rings is 2. The molecule has 144 valence electrons. The first-order chi connectivity index (χ1) is 13.6. The van der Waals surface area contributed by atoms with Crippen LogP contribution in [0.4, 0.5) is 0 Å². The van der Waals surface area contributed by atoms with Crippen LogP contribution in [0.15, 0.2) is 42.5 Å². The SMILES string of the molecule is COc1ccc(C(N)Cc2nn3c(-c4ccc(O)cc4)nnc3s2)cc1OC. The Hall–Kier alpha value is -3.17. The van der Waals surface area contributed by atoms with Gasteiger partial charge in [0.25, 0.3) is 0 Å². The highest BCUT2D eigenvalue weighted by atomic mass is 32.1. The van der Waals surface area contributed by atoms with Gasteiger partial charge < -0.3 is 20.3 Å². The third-order valence-corrected chi connectivity index (χ3v) is 5.31. The fourth-order valence-corrected chi connectivity index (χ4v) is 3.81. The molecule has 3 N–H and O–H groups in total. The summed E-state index contributed by atoms with van der Waals surface area (Å²) >= 11 is 1.45. The van der Waals surface area contributed by atoms with Crippen molar-refractivity contribution in [1.82, 2.24) is 19.8 Å². The molecular weight excluding hydrogens is 378 g/mol. The van der Waals surface area contributed by atoms with Crippen molar-refractivity contribution >= 4 is 16.3 Å². The Balaban J connectivity index is 1.59. The van der Waals surface area contributed by atoms with Crippen LogP contribution in [-0.4, -0.2) is 39.1 Å². The number of ether oxygens (including phenoxy) is 2. The third kappa shape index (κ3) is 3.37. The van der Waals surface area contributed by atoms with Gasteiger partial charge in [0, 0.05) is 18.0 Å². The molecule has 0 fully saturated rings. The second-order valence-electron chi connectivity index (χ2n) is 6.19. The number of nitrogens with two attached hydrogens (primary N) is 1. The number of hydrogen-bond acceptors (Lipinski definition) is 8. The average molecular weight is 397 g/mol. The summed E-state index contributed by atoms with van der Waals surface area (Å²) in [5, 5.41) is 23.3. The van der Waals surface area contributed by atoms with Crippen molar-refractivity contribution in [2.24, 2.45) is 5.73 Å². The molecule has 0 saturated carbocycles. The zero-order chi connectivity index (χ0) is 19.7. The second kappa shape index (κ2) is 7.45. The van der Waals surface area contributed by atoms with Crippen molar-refractivity contribution in [3.05, 3.63) is 53.0 Å². The van der Waals surface area contributed by atoms with Gasteiger partial charge >= 0.3 is 0 Å². The molecule has 9 heteroatoms. The van der Waals surface area contributed by atoms with Crippen LogP contribution in [0.5, 0.6) is 17.2 Å². The van der Waals surface area contributed by atoms with Crippen molar-refractivity contribution in [2.75, 3.05) is 14.2 Å². The first-order valence-electron chi connectivity index (χ1n) is 8.57. The highest BCUT2D eigenvalue weighted by Crippen LogP contribution is 2.31. The largest absolute Gasteiger partial charge is 0.508 e. The Morgan fingerprint density at radius 1 is 1.07 bits per heavy atom. The molecule has 0 aliphatic carbocycles. The van der Waals surface area contributed by atoms with E-state index in [-0.39, 0.29) is 11.8 Å². The van der Waals surface area contributed by atoms with Crippen molar-refractivity contribution in [3.63, 3.8) is 0 Å². The number of phenolic OH excluding ortho intramolecular Hbond substituents is 1. The standard InChI is InChI=1S/C19H19N5O3S/c1-26-15-8-5-12(9-16(15)27-2)14(20)10-17-23-24-18(21-22-19(24)28-17)11-3-6-13(25)7-4-11/h3-9,14,25H,10,20H2,1-2H3. The molecule has 1 unspecified atom stereocenters. The third-order valence-electron chi connectivity index (χ3n) is 4.39. The molecule has 1 atom stereocenters. The lowest BCUT2D eigenvalue weighted by Crippen LogP contribution is -2.13. The predicted molar refractivity (Wildman–Crippen MR) is 106 cm³/mol. The summed E-state index contributed by atoms with van der Waals surface area (Å²) in [5.74, 6) is 2.13. The summed E-state index contributed by atoms with van der Waals surface area (Å²) in [6.07, 6.45) is 0.554. The van der Waals surface area contributed by atoms with Crippen LogP contribution < -0.4 is 15.2 Å². The smallest absolute Gasteiger partial charge is 0.234 e. The number of hydrogen-bond donors (Lipinski definition) is 2. The Morgan fingerprint density at radius 3 is 2.54 bits per heavy atom. The van der Waals surface area contributed by atoms with Crippen LogP contribution in [0.3, 0.4) is 0 Å². The fraction of sp³-hybridized carbons (Fsp3) is 0.211. The highest BCUT2D eigenvalue weighted by Gasteiger charge is 2.17. The number of fused-ring (bicyclic) bond motifs is 1. The van der Waals surface area contributed by atoms with Gasteiger partial charge in [-0.3, -0.25) is 0 Å². The topological polar surface area (TPSA) is 108 Å². The molecule has 2 aromatic heterocycles. The Labute approximate surface area is 165 Å². The van der Waals surface area contributed by atoms with E-state index in [4.69, 9.17) is 15.2 Å². The predicted octanol–water partition coefficient (Wildman–Crippen LogP) is 2.82. The zero-order valence-corrected chi connectivity index (χ0v) is 16.2. The first-order valence-corrected chi connectivity index (χ1v) is 9.38. The Morgan fingerprint density at radius 2 is 1.82 bits per heavy atom. The van der Waals surface area contributed by atoms with Gasteiger partial charge in [-0.1, -0.05) is 17.4 Å². The quantitative estimate of drug-likeness (QED) is 0.515. The van der Waals surface area contributed by atoms with Crippen molar-refractivity contribution in [2.45, 2.75) is 12.5 Å². The summed E-state index contributed by atoms with van der Waals surface area (Å²) in [4.78, 5) is 0.692. The lowest BCUT2D eigenvalue weighted by Gasteiger charge is -2.13. The minimum Gasteiger partial charge on any atom is -0.508 e. The molecule has 0 aliphatic rings. The van der Waals surface area contributed by atoms with Gasteiger partial charge in [0.15, 0.2) is 17.3 Å². The monoisotopic (exact) mass is 397 g/mol. The number of phenols is 1. The summed E-state index contributed by atoms with van der Waals surface area (Å²) < 4.78 is 12.3. The van der Waals surface area contributed by atoms with Crippen LogP contribution in [0.25, 0.3) is 16.3 Å². The molecule has 0 amide bonds. The van der Waals surface area contributed by atoms with Gasteiger partial charge in [0.1, 0.15) is 10.8 Å². The van der Waals surface area contributed by atoms with Crippen LogP contribution in [0.1, 0.15) is 16.6 Å². The van der Waals surface area contributed by atoms with Gasteiger partial charge in [-0.25, -0.2) is 0 Å². The van der Waals surface area contributed by atoms with Gasteiger partial charge in [0.2, 0.25) is 4.96 Å². The molecule has 8 nitrogen and oxygen atoms in total. The fourth-order valence-electron chi connectivity index (χ4n) is 2.92. The first kappa shape index (κ1) is 18.2. The number of rotatable bonds is 6. The molecule has 28 heavy (non-hydrogen) atoms. The number of methoxy groups -OCH3 is 2. The van der Waals surface area contributed by atoms with E-state index >= 15 is 0 Å². The average Bonchev–Trinajstić information content (AvgIpc) is 3.28. The molecule has 0 aliphatic heterocycles. The van der Waals surface area contributed by atoms with Crippen LogP contribution >= 0.6 is 11.3 Å². The van der Waals surface area contributed by atoms with E-state index in [9.17, 15) is 5.11 Å². The normalized spacial score (nSPS) is 12.2. The van der Waals surface area contributed by atoms with Gasteiger partial charge in [-0.15, -0.1) is 10.2 Å². The maximum absolute atomic E-state index is 9.46. The molecular formula is C19H19N5O3S. The molecule has 0 bridgehead atoms. The molecule has 2 aromatic carbocycles. The summed E-state index contributed by atoms with van der Waals surface area (Å²) in [6, 6.07) is 12.2. The van der Waals surface area contributed by atoms with Crippen molar-refractivity contribution in [3.8, 4) is 28.6 Å². The molecule has 0 spiro atoms. The molecule has 4 rings (SSSR count). The van der Waals surface area contributed by atoms with E-state index < -0.39 is 0 Å². The Bertz CT molecular complexity index is 1110. The van der Waals surface area contributed by atoms with E-state index in [0.717, 1.165) is 16.1 Å². The number of nitrogens with zero attached hydrogens (tertiary/aromatic N) is 4. The van der Waals surface area contributed by atoms with E-state index in [2.05, 4.69) is 15.3 Å². The number of aromatic nitrogens is 4. The molecule has 2 heterocycles. The Kier molecular flexibility index (Phi) is 4.84. The minimum atomic E-state index is -0.249. The summed E-state index contributed by atoms with van der Waals surface area (Å²) in [7, 11) is 3.20. The minimum absolute atomic E-state index is 0.198. The van der Waals surface area contributed by atoms with Crippen LogP contribution in [0, 0.1) is 0 Å². The second-order valence-corrected chi connectivity index (χ2v) is 7.23. The van der Waals surface area contributed by atoms with E-state index in [0.29, 0.717) is 28.7 Å². The van der Waals surface area contributed by atoms with E-state index in [1.54, 1.807) is 43.0 Å². The van der Waals surface area contributed by atoms with Crippen LogP contribution in [-0.2, 0) is 6.42 Å². The number of aromatic hydroxyl groups is 1. The van der Waals surface area contributed by atoms with E-state index in [1.807, 2.05) is 18.2 Å². The van der Waals surface area contributed by atoms with Gasteiger partial charge in [-0.2, -0.15) is 9.61 Å². The van der Waals surface area contributed by atoms with E-state index in [1.165, 1.54) is 11.3 Å². The maximum atomic E-state index is 9.46. The maximum Gasteiger partial charge on any atom is 0.234 e.